The lowest BCUT2D eigenvalue weighted by atomic mass is 9.96. The first-order chi connectivity index (χ1) is 13.8. The Morgan fingerprint density at radius 1 is 1.45 bits per heavy atom. The van der Waals surface area contributed by atoms with Gasteiger partial charge in [-0.05, 0) is 11.6 Å². The van der Waals surface area contributed by atoms with Crippen molar-refractivity contribution in [3.05, 3.63) is 33.2 Å². The fraction of sp³-hybridized carbons (Fsp3) is 0.625. The largest absolute Gasteiger partial charge is 0.462 e. The number of rotatable bonds is 8. The molecule has 29 heavy (non-hydrogen) atoms. The zero-order chi connectivity index (χ0) is 21.6. The van der Waals surface area contributed by atoms with Gasteiger partial charge >= 0.3 is 17.6 Å². The molecule has 0 saturated carbocycles. The Morgan fingerprint density at radius 2 is 2.14 bits per heavy atom. The van der Waals surface area contributed by atoms with E-state index in [-0.39, 0.29) is 18.7 Å². The van der Waals surface area contributed by atoms with Gasteiger partial charge in [0.2, 0.25) is 0 Å². The minimum absolute atomic E-state index is 0.0286. The molecule has 0 aliphatic carbocycles. The van der Waals surface area contributed by atoms with E-state index in [2.05, 4.69) is 15.0 Å². The Kier molecular flexibility index (Phi) is 7.13. The number of ether oxygens (including phenoxy) is 3. The summed E-state index contributed by atoms with van der Waals surface area (Å²) >= 11 is 0. The van der Waals surface area contributed by atoms with Crippen LogP contribution in [0.15, 0.2) is 22.2 Å². The molecule has 0 aromatic carbocycles. The fourth-order valence-corrected chi connectivity index (χ4v) is 2.78. The van der Waals surface area contributed by atoms with Crippen molar-refractivity contribution >= 4 is 17.8 Å². The van der Waals surface area contributed by atoms with Crippen LogP contribution in [0, 0.1) is 0 Å². The van der Waals surface area contributed by atoms with Crippen LogP contribution in [0.4, 0.5) is 10.2 Å². The molecule has 1 aromatic heterocycles. The summed E-state index contributed by atoms with van der Waals surface area (Å²) in [4.78, 5) is 41.8. The normalized spacial score (nSPS) is 25.8. The quantitative estimate of drug-likeness (QED) is 0.285. The maximum absolute atomic E-state index is 15.3. The number of carbonyl (C=O) groups is 2. The van der Waals surface area contributed by atoms with Crippen LogP contribution >= 0.6 is 0 Å². The molecule has 1 unspecified atom stereocenters. The van der Waals surface area contributed by atoms with Crippen LogP contribution in [0.2, 0.25) is 0 Å². The van der Waals surface area contributed by atoms with E-state index in [0.717, 1.165) is 4.57 Å². The molecule has 0 spiro atoms. The minimum Gasteiger partial charge on any atom is -0.462 e. The second-order valence-electron chi connectivity index (χ2n) is 6.23. The number of hydrogen-bond donors (Lipinski definition) is 1. The third kappa shape index (κ3) is 4.81. The van der Waals surface area contributed by atoms with Crippen molar-refractivity contribution in [2.24, 2.45) is 5.11 Å². The summed E-state index contributed by atoms with van der Waals surface area (Å²) in [6.45, 7) is 1.97. The lowest BCUT2D eigenvalue weighted by molar-refractivity contribution is -0.176. The highest BCUT2D eigenvalue weighted by atomic mass is 19.1. The van der Waals surface area contributed by atoms with E-state index in [1.165, 1.54) is 19.2 Å². The first-order valence-electron chi connectivity index (χ1n) is 8.80. The van der Waals surface area contributed by atoms with Crippen LogP contribution in [0.3, 0.4) is 0 Å². The van der Waals surface area contributed by atoms with Crippen LogP contribution < -0.4 is 11.4 Å². The highest BCUT2D eigenvalue weighted by molar-refractivity contribution is 5.70. The van der Waals surface area contributed by atoms with Gasteiger partial charge in [0.05, 0.1) is 6.54 Å². The van der Waals surface area contributed by atoms with E-state index in [0.29, 0.717) is 0 Å². The van der Waals surface area contributed by atoms with Gasteiger partial charge in [0.1, 0.15) is 12.4 Å². The molecule has 1 fully saturated rings. The molecule has 13 heteroatoms. The summed E-state index contributed by atoms with van der Waals surface area (Å²) in [6.07, 6.45) is -4.12. The van der Waals surface area contributed by atoms with E-state index in [4.69, 9.17) is 25.5 Å². The van der Waals surface area contributed by atoms with Crippen molar-refractivity contribution in [3.8, 4) is 0 Å². The summed E-state index contributed by atoms with van der Waals surface area (Å²) in [5.74, 6) is -1.46. The van der Waals surface area contributed by atoms with Crippen LogP contribution in [0.5, 0.6) is 0 Å². The Morgan fingerprint density at radius 3 is 2.72 bits per heavy atom. The van der Waals surface area contributed by atoms with Crippen molar-refractivity contribution in [2.75, 3.05) is 18.9 Å². The van der Waals surface area contributed by atoms with Gasteiger partial charge in [-0.25, -0.2) is 9.18 Å². The van der Waals surface area contributed by atoms with Gasteiger partial charge in [-0.15, -0.1) is 0 Å². The zero-order valence-corrected chi connectivity index (χ0v) is 15.9. The molecule has 2 N–H and O–H groups in total. The molecular weight excluding hydrogens is 391 g/mol. The van der Waals surface area contributed by atoms with Crippen LogP contribution in [0.1, 0.15) is 32.9 Å². The van der Waals surface area contributed by atoms with Gasteiger partial charge in [-0.1, -0.05) is 19.0 Å². The van der Waals surface area contributed by atoms with Crippen molar-refractivity contribution in [1.82, 2.24) is 9.55 Å². The number of esters is 2. The molecule has 2 heterocycles. The predicted octanol–water partition coefficient (Wildman–Crippen LogP) is 1.02. The van der Waals surface area contributed by atoms with Crippen molar-refractivity contribution in [2.45, 2.75) is 50.8 Å². The average Bonchev–Trinajstić information content (AvgIpc) is 2.96. The Balaban J connectivity index is 2.49. The summed E-state index contributed by atoms with van der Waals surface area (Å²) in [5.41, 5.74) is 11.4. The zero-order valence-electron chi connectivity index (χ0n) is 15.9. The van der Waals surface area contributed by atoms with E-state index in [1.54, 1.807) is 6.92 Å². The van der Waals surface area contributed by atoms with Gasteiger partial charge in [0, 0.05) is 24.0 Å². The Labute approximate surface area is 164 Å². The first kappa shape index (κ1) is 22.1. The van der Waals surface area contributed by atoms with Crippen LogP contribution in [-0.2, 0) is 23.8 Å². The molecule has 0 amide bonds. The number of azide groups is 1. The summed E-state index contributed by atoms with van der Waals surface area (Å²) in [5, 5.41) is 3.40. The molecule has 0 bridgehead atoms. The third-order valence-corrected chi connectivity index (χ3v) is 4.28. The van der Waals surface area contributed by atoms with Gasteiger partial charge in [0.15, 0.2) is 24.1 Å². The second kappa shape index (κ2) is 9.34. The topological polar surface area (TPSA) is 171 Å². The van der Waals surface area contributed by atoms with Gasteiger partial charge < -0.3 is 19.9 Å². The number of nitrogens with two attached hydrogens (primary N) is 1. The molecule has 12 nitrogen and oxygen atoms in total. The highest BCUT2D eigenvalue weighted by Gasteiger charge is 2.59. The standard InChI is InChI=1S/C16H21FN6O6/c1-3-10(24)27-8-16(7-20-22-19)13(28-11(25)4-2)12(17)14(29-16)23-6-5-9(18)21-15(23)26/h5-6,12-14H,3-4,7-8H2,1-2H3,(H2,18,21,26)/t12-,13+,14?,16-/m1/s1. The smallest absolute Gasteiger partial charge is 0.351 e. The second-order valence-corrected chi connectivity index (χ2v) is 6.23. The molecule has 0 radical (unpaired) electrons. The molecule has 158 valence electrons. The number of aromatic nitrogens is 2. The summed E-state index contributed by atoms with van der Waals surface area (Å²) in [6, 6.07) is 1.26. The SMILES string of the molecule is CCC(=O)OC[C@@]1(CN=[N+]=[N-])OC(n2ccc(N)nc2=O)[C@H](F)[C@@H]1OC(=O)CC. The highest BCUT2D eigenvalue weighted by Crippen LogP contribution is 2.41. The van der Waals surface area contributed by atoms with E-state index >= 15 is 4.39 Å². The van der Waals surface area contributed by atoms with Crippen molar-refractivity contribution in [3.63, 3.8) is 0 Å². The number of carbonyl (C=O) groups excluding carboxylic acids is 2. The lowest BCUT2D eigenvalue weighted by Gasteiger charge is -2.31. The van der Waals surface area contributed by atoms with E-state index in [9.17, 15) is 14.4 Å². The monoisotopic (exact) mass is 412 g/mol. The first-order valence-corrected chi connectivity index (χ1v) is 8.80. The molecule has 2 rings (SSSR count). The van der Waals surface area contributed by atoms with Crippen molar-refractivity contribution in [1.29, 1.82) is 0 Å². The lowest BCUT2D eigenvalue weighted by Crippen LogP contribution is -2.51. The molecular formula is C16H21FN6O6. The molecule has 1 aliphatic heterocycles. The van der Waals surface area contributed by atoms with E-state index < -0.39 is 54.9 Å². The Hall–Kier alpha value is -3.18. The molecule has 1 aliphatic rings. The van der Waals surface area contributed by atoms with Crippen molar-refractivity contribution < 1.29 is 28.2 Å². The van der Waals surface area contributed by atoms with Gasteiger partial charge in [-0.2, -0.15) is 4.98 Å². The average molecular weight is 412 g/mol. The molecule has 1 saturated heterocycles. The number of nitrogen functional groups attached to an aromatic ring is 1. The van der Waals surface area contributed by atoms with Gasteiger partial charge in [0.25, 0.3) is 0 Å². The number of nitrogens with zero attached hydrogens (tertiary/aromatic N) is 5. The number of halogens is 1. The number of alkyl halides is 1. The fourth-order valence-electron chi connectivity index (χ4n) is 2.78. The molecule has 4 atom stereocenters. The van der Waals surface area contributed by atoms with Gasteiger partial charge in [-0.3, -0.25) is 14.2 Å². The summed E-state index contributed by atoms with van der Waals surface area (Å²) < 4.78 is 32.2. The predicted molar refractivity (Wildman–Crippen MR) is 96.1 cm³/mol. The number of hydrogen-bond acceptors (Lipinski definition) is 9. The maximum Gasteiger partial charge on any atom is 0.351 e. The van der Waals surface area contributed by atoms with E-state index in [1.807, 2.05) is 0 Å². The minimum atomic E-state index is -2.05. The Bertz CT molecular complexity index is 872. The van der Waals surface area contributed by atoms with Crippen LogP contribution in [-0.4, -0.2) is 52.5 Å². The van der Waals surface area contributed by atoms with Crippen LogP contribution in [0.25, 0.3) is 10.4 Å². The molecule has 1 aromatic rings. The number of anilines is 1. The third-order valence-electron chi connectivity index (χ3n) is 4.28. The summed E-state index contributed by atoms with van der Waals surface area (Å²) in [7, 11) is 0. The maximum atomic E-state index is 15.3.